The van der Waals surface area contributed by atoms with Crippen molar-refractivity contribution in [1.82, 2.24) is 14.9 Å². The lowest BCUT2D eigenvalue weighted by atomic mass is 9.93. The summed E-state index contributed by atoms with van der Waals surface area (Å²) in [6.07, 6.45) is 3.88. The van der Waals surface area contributed by atoms with Crippen LogP contribution in [0.1, 0.15) is 45.6 Å². The van der Waals surface area contributed by atoms with Crippen LogP contribution >= 0.6 is 0 Å². The Balaban J connectivity index is 1.59. The molecule has 1 aromatic carbocycles. The minimum atomic E-state index is -0.698. The number of piperidine rings is 1. The van der Waals surface area contributed by atoms with Crippen LogP contribution in [0.25, 0.3) is 11.1 Å². The van der Waals surface area contributed by atoms with Gasteiger partial charge in [0.2, 0.25) is 5.91 Å². The van der Waals surface area contributed by atoms with E-state index in [9.17, 15) is 14.0 Å². The van der Waals surface area contributed by atoms with E-state index in [1.807, 2.05) is 25.7 Å². The number of benzene rings is 1. The lowest BCUT2D eigenvalue weighted by molar-refractivity contribution is -0.143. The molecule has 1 aliphatic rings. The number of carbonyl (C=O) groups is 2. The van der Waals surface area contributed by atoms with Gasteiger partial charge in [0.05, 0.1) is 0 Å². The number of ether oxygens (including phenoxy) is 2. The highest BCUT2D eigenvalue weighted by molar-refractivity contribution is 5.94. The van der Waals surface area contributed by atoms with Crippen molar-refractivity contribution in [1.29, 1.82) is 5.41 Å². The molecule has 34 heavy (non-hydrogen) atoms. The average molecular weight is 472 g/mol. The number of rotatable bonds is 7. The Hall–Kier alpha value is -3.56. The number of hydrogen-bond donors (Lipinski definition) is 2. The molecule has 1 saturated heterocycles. The summed E-state index contributed by atoms with van der Waals surface area (Å²) in [6.45, 7) is 6.69. The smallest absolute Gasteiger partial charge is 0.316 e. The predicted octanol–water partition coefficient (Wildman–Crippen LogP) is 3.07. The SMILES string of the molecule is CC(C)(C)C(=O)N1CCC(Oc2ncc(-c3cccc(COC(=O)CC(=N)N)c3F)cn2)CC1. The van der Waals surface area contributed by atoms with Crippen LogP contribution in [0, 0.1) is 16.6 Å². The van der Waals surface area contributed by atoms with Crippen molar-refractivity contribution >= 4 is 17.7 Å². The minimum Gasteiger partial charge on any atom is -0.460 e. The van der Waals surface area contributed by atoms with E-state index in [0.29, 0.717) is 31.5 Å². The van der Waals surface area contributed by atoms with Crippen LogP contribution in [0.3, 0.4) is 0 Å². The van der Waals surface area contributed by atoms with E-state index in [2.05, 4.69) is 9.97 Å². The predicted molar refractivity (Wildman–Crippen MR) is 123 cm³/mol. The number of likely N-dealkylation sites (tertiary alicyclic amines) is 1. The first-order valence-corrected chi connectivity index (χ1v) is 11.1. The molecule has 0 saturated carbocycles. The van der Waals surface area contributed by atoms with Crippen molar-refractivity contribution < 1.29 is 23.5 Å². The third kappa shape index (κ3) is 6.49. The third-order valence-electron chi connectivity index (χ3n) is 5.38. The molecule has 182 valence electrons. The van der Waals surface area contributed by atoms with Gasteiger partial charge in [-0.2, -0.15) is 0 Å². The van der Waals surface area contributed by atoms with Crippen LogP contribution in [0.15, 0.2) is 30.6 Å². The van der Waals surface area contributed by atoms with Gasteiger partial charge < -0.3 is 20.1 Å². The molecule has 3 N–H and O–H groups in total. The van der Waals surface area contributed by atoms with Crippen molar-refractivity contribution in [3.05, 3.63) is 42.0 Å². The summed E-state index contributed by atoms with van der Waals surface area (Å²) in [5.74, 6) is -1.44. The molecule has 1 amide bonds. The Morgan fingerprint density at radius 3 is 2.44 bits per heavy atom. The Bertz CT molecular complexity index is 1040. The van der Waals surface area contributed by atoms with Crippen molar-refractivity contribution in [2.24, 2.45) is 11.1 Å². The number of nitrogens with two attached hydrogens (primary N) is 1. The molecule has 0 radical (unpaired) electrons. The quantitative estimate of drug-likeness (QED) is 0.360. The van der Waals surface area contributed by atoms with Gasteiger partial charge in [0.1, 0.15) is 30.8 Å². The van der Waals surface area contributed by atoms with Crippen LogP contribution < -0.4 is 10.5 Å². The molecule has 1 aliphatic heterocycles. The Kier molecular flexibility index (Phi) is 7.80. The molecule has 0 atom stereocenters. The Labute approximate surface area is 198 Å². The number of halogens is 1. The van der Waals surface area contributed by atoms with Crippen LogP contribution in [0.5, 0.6) is 6.01 Å². The van der Waals surface area contributed by atoms with E-state index in [0.717, 1.165) is 0 Å². The highest BCUT2D eigenvalue weighted by atomic mass is 19.1. The zero-order valence-electron chi connectivity index (χ0n) is 19.6. The largest absolute Gasteiger partial charge is 0.460 e. The average Bonchev–Trinajstić information content (AvgIpc) is 2.78. The van der Waals surface area contributed by atoms with Gasteiger partial charge in [-0.25, -0.2) is 14.4 Å². The number of esters is 1. The molecular formula is C24H30FN5O4. The Morgan fingerprint density at radius 2 is 1.85 bits per heavy atom. The summed E-state index contributed by atoms with van der Waals surface area (Å²) < 4.78 is 25.8. The number of aromatic nitrogens is 2. The van der Waals surface area contributed by atoms with Crippen LogP contribution in [0.4, 0.5) is 4.39 Å². The van der Waals surface area contributed by atoms with Crippen LogP contribution in [-0.4, -0.2) is 51.8 Å². The van der Waals surface area contributed by atoms with Gasteiger partial charge in [0.25, 0.3) is 0 Å². The molecule has 3 rings (SSSR count). The van der Waals surface area contributed by atoms with E-state index in [1.165, 1.54) is 18.5 Å². The van der Waals surface area contributed by atoms with E-state index in [-0.39, 0.29) is 48.0 Å². The maximum absolute atomic E-state index is 15.0. The summed E-state index contributed by atoms with van der Waals surface area (Å²) in [6, 6.07) is 4.93. The molecule has 2 aromatic rings. The number of nitrogens with zero attached hydrogens (tertiary/aromatic N) is 3. The topological polar surface area (TPSA) is 131 Å². The fourth-order valence-corrected chi connectivity index (χ4v) is 3.60. The van der Waals surface area contributed by atoms with Gasteiger partial charge in [-0.1, -0.05) is 39.0 Å². The van der Waals surface area contributed by atoms with E-state index in [1.54, 1.807) is 12.1 Å². The summed E-state index contributed by atoms with van der Waals surface area (Å²) in [5, 5.41) is 7.11. The van der Waals surface area contributed by atoms with Crippen molar-refractivity contribution in [2.45, 2.75) is 52.7 Å². The van der Waals surface area contributed by atoms with Crippen molar-refractivity contribution in [3.63, 3.8) is 0 Å². The highest BCUT2D eigenvalue weighted by Crippen LogP contribution is 2.26. The third-order valence-corrected chi connectivity index (χ3v) is 5.38. The maximum atomic E-state index is 15.0. The maximum Gasteiger partial charge on any atom is 0.316 e. The molecule has 9 nitrogen and oxygen atoms in total. The monoisotopic (exact) mass is 471 g/mol. The van der Waals surface area contributed by atoms with Crippen molar-refractivity contribution in [3.8, 4) is 17.1 Å². The van der Waals surface area contributed by atoms with Crippen LogP contribution in [-0.2, 0) is 20.9 Å². The van der Waals surface area contributed by atoms with Gasteiger partial charge >= 0.3 is 12.0 Å². The fraction of sp³-hybridized carbons (Fsp3) is 0.458. The number of amides is 1. The molecule has 0 aliphatic carbocycles. The zero-order valence-corrected chi connectivity index (χ0v) is 19.6. The van der Waals surface area contributed by atoms with E-state index in [4.69, 9.17) is 20.6 Å². The molecule has 10 heteroatoms. The lowest BCUT2D eigenvalue weighted by Crippen LogP contribution is -2.46. The summed E-state index contributed by atoms with van der Waals surface area (Å²) in [7, 11) is 0. The number of nitrogens with one attached hydrogen (secondary N) is 1. The molecule has 0 unspecified atom stereocenters. The Morgan fingerprint density at radius 1 is 1.21 bits per heavy atom. The molecule has 1 aromatic heterocycles. The first-order valence-electron chi connectivity index (χ1n) is 11.1. The standard InChI is InChI=1S/C24H30FN5O4/c1-24(2,3)22(32)30-9-7-17(8-10-30)34-23-28-12-16(13-29-23)18-6-4-5-15(21(18)25)14-33-20(31)11-19(26)27/h4-6,12-13,17H,7-11,14H2,1-3H3,(H3,26,27). The zero-order chi connectivity index (χ0) is 24.9. The highest BCUT2D eigenvalue weighted by Gasteiger charge is 2.31. The first-order chi connectivity index (χ1) is 16.0. The lowest BCUT2D eigenvalue weighted by Gasteiger charge is -2.35. The summed E-state index contributed by atoms with van der Waals surface area (Å²) in [5.41, 5.74) is 5.66. The summed E-state index contributed by atoms with van der Waals surface area (Å²) >= 11 is 0. The normalized spacial score (nSPS) is 14.5. The van der Waals surface area contributed by atoms with Gasteiger partial charge in [-0.3, -0.25) is 15.0 Å². The number of hydrogen-bond acceptors (Lipinski definition) is 7. The summed E-state index contributed by atoms with van der Waals surface area (Å²) in [4.78, 5) is 34.3. The molecule has 0 spiro atoms. The van der Waals surface area contributed by atoms with E-state index >= 15 is 0 Å². The van der Waals surface area contributed by atoms with Gasteiger partial charge in [-0.05, 0) is 0 Å². The van der Waals surface area contributed by atoms with E-state index < -0.39 is 17.2 Å². The second-order valence-corrected chi connectivity index (χ2v) is 9.26. The first kappa shape index (κ1) is 25.1. The molecule has 1 fully saturated rings. The van der Waals surface area contributed by atoms with Gasteiger partial charge in [-0.15, -0.1) is 0 Å². The second kappa shape index (κ2) is 10.6. The fourth-order valence-electron chi connectivity index (χ4n) is 3.60. The molecule has 0 bridgehead atoms. The minimum absolute atomic E-state index is 0.0976. The second-order valence-electron chi connectivity index (χ2n) is 9.26. The van der Waals surface area contributed by atoms with Gasteiger partial charge in [0, 0.05) is 60.4 Å². The molecule has 2 heterocycles. The number of amidine groups is 1. The van der Waals surface area contributed by atoms with Crippen LogP contribution in [0.2, 0.25) is 0 Å². The number of carbonyl (C=O) groups excluding carboxylic acids is 2. The molecular weight excluding hydrogens is 441 g/mol. The van der Waals surface area contributed by atoms with Crippen molar-refractivity contribution in [2.75, 3.05) is 13.1 Å². The van der Waals surface area contributed by atoms with Gasteiger partial charge in [0.15, 0.2) is 0 Å².